The standard InChI is InChI=1S/C22H28N4O2/c1-22(16-24-12-8-18(9-13-24)25-14-10-23-21(25)27)20-7-4-11-26(20)19-6-3-2-5-17(19)15-28-22/h2-7,11,18H,8-10,12-16H2,1H3,(H,23,27). The van der Waals surface area contributed by atoms with E-state index in [9.17, 15) is 4.79 Å². The summed E-state index contributed by atoms with van der Waals surface area (Å²) in [7, 11) is 0. The first-order chi connectivity index (χ1) is 13.6. The van der Waals surface area contributed by atoms with Crippen molar-refractivity contribution in [3.8, 4) is 5.69 Å². The van der Waals surface area contributed by atoms with Gasteiger partial charge in [-0.2, -0.15) is 0 Å². The number of para-hydroxylation sites is 1. The molecule has 1 atom stereocenters. The summed E-state index contributed by atoms with van der Waals surface area (Å²) < 4.78 is 8.79. The fraction of sp³-hybridized carbons (Fsp3) is 0.500. The SMILES string of the molecule is CC1(CN2CCC(N3CCNC3=O)CC2)OCc2ccccc2-n2cccc21. The van der Waals surface area contributed by atoms with Gasteiger partial charge in [-0.1, -0.05) is 18.2 Å². The van der Waals surface area contributed by atoms with E-state index in [-0.39, 0.29) is 11.6 Å². The van der Waals surface area contributed by atoms with Gasteiger partial charge in [-0.15, -0.1) is 0 Å². The number of fused-ring (bicyclic) bond motifs is 3. The monoisotopic (exact) mass is 380 g/mol. The molecule has 5 rings (SSSR count). The summed E-state index contributed by atoms with van der Waals surface area (Å²) in [5, 5.41) is 2.92. The molecule has 2 saturated heterocycles. The molecule has 3 aliphatic heterocycles. The Labute approximate surface area is 166 Å². The van der Waals surface area contributed by atoms with Crippen LogP contribution in [0.15, 0.2) is 42.6 Å². The average Bonchev–Trinajstić information content (AvgIpc) is 3.35. The van der Waals surface area contributed by atoms with E-state index in [1.165, 1.54) is 16.9 Å². The molecular formula is C22H28N4O2. The van der Waals surface area contributed by atoms with Crippen LogP contribution in [0.3, 0.4) is 0 Å². The predicted octanol–water partition coefficient (Wildman–Crippen LogP) is 2.71. The van der Waals surface area contributed by atoms with Crippen LogP contribution >= 0.6 is 0 Å². The fourth-order valence-electron chi connectivity index (χ4n) is 4.98. The smallest absolute Gasteiger partial charge is 0.317 e. The second kappa shape index (κ2) is 6.94. The number of amides is 2. The van der Waals surface area contributed by atoms with E-state index in [4.69, 9.17) is 4.74 Å². The number of aromatic nitrogens is 1. The Morgan fingerprint density at radius 1 is 1.14 bits per heavy atom. The number of carbonyl (C=O) groups is 1. The van der Waals surface area contributed by atoms with Gasteiger partial charge >= 0.3 is 6.03 Å². The summed E-state index contributed by atoms with van der Waals surface area (Å²) in [6.45, 7) is 7.33. The number of urea groups is 1. The molecule has 1 aromatic carbocycles. The molecule has 148 valence electrons. The molecule has 0 aliphatic carbocycles. The zero-order chi connectivity index (χ0) is 19.1. The van der Waals surface area contributed by atoms with E-state index in [0.717, 1.165) is 45.6 Å². The van der Waals surface area contributed by atoms with Gasteiger partial charge in [0.25, 0.3) is 0 Å². The molecule has 2 aromatic rings. The molecule has 0 spiro atoms. The van der Waals surface area contributed by atoms with Crippen molar-refractivity contribution >= 4 is 6.03 Å². The molecule has 2 fully saturated rings. The largest absolute Gasteiger partial charge is 0.363 e. The maximum absolute atomic E-state index is 12.0. The van der Waals surface area contributed by atoms with E-state index in [0.29, 0.717) is 12.6 Å². The third kappa shape index (κ3) is 3.01. The van der Waals surface area contributed by atoms with E-state index in [1.807, 2.05) is 4.90 Å². The maximum Gasteiger partial charge on any atom is 0.317 e. The third-order valence-electron chi connectivity index (χ3n) is 6.50. The third-order valence-corrected chi connectivity index (χ3v) is 6.50. The first-order valence-electron chi connectivity index (χ1n) is 10.3. The van der Waals surface area contributed by atoms with Crippen LogP contribution in [-0.2, 0) is 16.9 Å². The van der Waals surface area contributed by atoms with Gasteiger partial charge in [-0.05, 0) is 38.0 Å². The van der Waals surface area contributed by atoms with E-state index < -0.39 is 0 Å². The number of hydrogen-bond acceptors (Lipinski definition) is 3. The van der Waals surface area contributed by atoms with Gasteiger partial charge in [0.05, 0.1) is 18.0 Å². The summed E-state index contributed by atoms with van der Waals surface area (Å²) in [6.07, 6.45) is 4.20. The van der Waals surface area contributed by atoms with Crippen molar-refractivity contribution in [1.82, 2.24) is 19.7 Å². The number of rotatable bonds is 3. The Balaban J connectivity index is 1.32. The minimum Gasteiger partial charge on any atom is -0.363 e. The first kappa shape index (κ1) is 17.8. The maximum atomic E-state index is 12.0. The van der Waals surface area contributed by atoms with Crippen LogP contribution in [-0.4, -0.2) is 59.2 Å². The molecule has 1 N–H and O–H groups in total. The molecule has 1 unspecified atom stereocenters. The Morgan fingerprint density at radius 3 is 2.75 bits per heavy atom. The van der Waals surface area contributed by atoms with Crippen molar-refractivity contribution in [2.24, 2.45) is 0 Å². The van der Waals surface area contributed by atoms with Gasteiger partial charge in [0.15, 0.2) is 0 Å². The lowest BCUT2D eigenvalue weighted by Crippen LogP contribution is -2.49. The molecule has 1 aromatic heterocycles. The number of benzene rings is 1. The lowest BCUT2D eigenvalue weighted by molar-refractivity contribution is -0.0740. The van der Waals surface area contributed by atoms with Gasteiger partial charge < -0.3 is 19.5 Å². The van der Waals surface area contributed by atoms with Gasteiger partial charge in [0.2, 0.25) is 0 Å². The highest BCUT2D eigenvalue weighted by Crippen LogP contribution is 2.35. The zero-order valence-electron chi connectivity index (χ0n) is 16.4. The number of nitrogens with zero attached hydrogens (tertiary/aromatic N) is 3. The number of nitrogens with one attached hydrogen (secondary N) is 1. The molecule has 3 aliphatic rings. The second-order valence-electron chi connectivity index (χ2n) is 8.34. The van der Waals surface area contributed by atoms with Crippen molar-refractivity contribution in [2.75, 3.05) is 32.7 Å². The molecule has 2 amide bonds. The molecule has 28 heavy (non-hydrogen) atoms. The highest BCUT2D eigenvalue weighted by atomic mass is 16.5. The van der Waals surface area contributed by atoms with Gasteiger partial charge in [0, 0.05) is 50.5 Å². The Kier molecular flexibility index (Phi) is 4.40. The van der Waals surface area contributed by atoms with Crippen LogP contribution in [0.4, 0.5) is 4.79 Å². The summed E-state index contributed by atoms with van der Waals surface area (Å²) in [4.78, 5) is 16.5. The van der Waals surface area contributed by atoms with Gasteiger partial charge in [0.1, 0.15) is 5.60 Å². The van der Waals surface area contributed by atoms with Crippen molar-refractivity contribution < 1.29 is 9.53 Å². The number of carbonyl (C=O) groups excluding carboxylic acids is 1. The summed E-state index contributed by atoms with van der Waals surface area (Å²) in [5.74, 6) is 0. The van der Waals surface area contributed by atoms with Crippen molar-refractivity contribution in [3.05, 3.63) is 53.9 Å². The zero-order valence-corrected chi connectivity index (χ0v) is 16.4. The summed E-state index contributed by atoms with van der Waals surface area (Å²) in [5.41, 5.74) is 3.28. The van der Waals surface area contributed by atoms with Crippen LogP contribution in [0.1, 0.15) is 31.0 Å². The lowest BCUT2D eigenvalue weighted by atomic mass is 9.97. The molecule has 0 bridgehead atoms. The predicted molar refractivity (Wildman–Crippen MR) is 107 cm³/mol. The Bertz CT molecular complexity index is 871. The fourth-order valence-corrected chi connectivity index (χ4v) is 4.98. The topological polar surface area (TPSA) is 49.7 Å². The highest BCUT2D eigenvalue weighted by Gasteiger charge is 2.38. The van der Waals surface area contributed by atoms with Crippen LogP contribution < -0.4 is 5.32 Å². The van der Waals surface area contributed by atoms with Gasteiger partial charge in [-0.25, -0.2) is 4.79 Å². The lowest BCUT2D eigenvalue weighted by Gasteiger charge is -2.40. The number of piperidine rings is 1. The Hall–Kier alpha value is -2.31. The first-order valence-corrected chi connectivity index (χ1v) is 10.3. The molecule has 4 heterocycles. The number of likely N-dealkylation sites (tertiary alicyclic amines) is 1. The Morgan fingerprint density at radius 2 is 1.96 bits per heavy atom. The molecular weight excluding hydrogens is 352 g/mol. The van der Waals surface area contributed by atoms with Crippen LogP contribution in [0, 0.1) is 0 Å². The number of ether oxygens (including phenoxy) is 1. The molecule has 6 heteroatoms. The van der Waals surface area contributed by atoms with Crippen LogP contribution in [0.2, 0.25) is 0 Å². The van der Waals surface area contributed by atoms with Crippen molar-refractivity contribution in [2.45, 2.75) is 38.0 Å². The van der Waals surface area contributed by atoms with Crippen molar-refractivity contribution in [1.29, 1.82) is 0 Å². The summed E-state index contributed by atoms with van der Waals surface area (Å²) in [6, 6.07) is 13.2. The van der Waals surface area contributed by atoms with Gasteiger partial charge in [-0.3, -0.25) is 4.90 Å². The molecule has 6 nitrogen and oxygen atoms in total. The minimum atomic E-state index is -0.361. The molecule has 0 radical (unpaired) electrons. The highest BCUT2D eigenvalue weighted by molar-refractivity contribution is 5.76. The average molecular weight is 380 g/mol. The second-order valence-corrected chi connectivity index (χ2v) is 8.34. The quantitative estimate of drug-likeness (QED) is 0.891. The van der Waals surface area contributed by atoms with Crippen LogP contribution in [0.25, 0.3) is 5.69 Å². The normalized spacial score (nSPS) is 25.9. The van der Waals surface area contributed by atoms with Crippen molar-refractivity contribution in [3.63, 3.8) is 0 Å². The van der Waals surface area contributed by atoms with E-state index in [1.54, 1.807) is 0 Å². The number of hydrogen-bond donors (Lipinski definition) is 1. The van der Waals surface area contributed by atoms with Crippen LogP contribution in [0.5, 0.6) is 0 Å². The summed E-state index contributed by atoms with van der Waals surface area (Å²) >= 11 is 0. The van der Waals surface area contributed by atoms with E-state index in [2.05, 4.69) is 64.3 Å². The van der Waals surface area contributed by atoms with E-state index >= 15 is 0 Å². The minimum absolute atomic E-state index is 0.105. The molecule has 0 saturated carbocycles.